The Balaban J connectivity index is 1.29. The molecule has 1 aliphatic heterocycles. The summed E-state index contributed by atoms with van der Waals surface area (Å²) in [5.41, 5.74) is 3.20. The second kappa shape index (κ2) is 11.3. The minimum absolute atomic E-state index is 0.00621. The highest BCUT2D eigenvalue weighted by Gasteiger charge is 2.28. The molecule has 0 saturated heterocycles. The molecule has 11 nitrogen and oxygen atoms in total. The van der Waals surface area contributed by atoms with Crippen molar-refractivity contribution in [2.75, 3.05) is 23.1 Å². The summed E-state index contributed by atoms with van der Waals surface area (Å²) in [7, 11) is -3.87. The average molecular weight is 581 g/mol. The number of amides is 1. The topological polar surface area (TPSA) is 143 Å². The van der Waals surface area contributed by atoms with Gasteiger partial charge < -0.3 is 10.1 Å². The number of aromatic nitrogens is 3. The van der Waals surface area contributed by atoms with Gasteiger partial charge in [-0.15, -0.1) is 10.2 Å². The first-order chi connectivity index (χ1) is 19.1. The molecule has 2 N–H and O–H groups in total. The molecule has 2 aromatic carbocycles. The van der Waals surface area contributed by atoms with E-state index < -0.39 is 28.0 Å². The number of pyridine rings is 1. The Labute approximate surface area is 235 Å². The number of aryl methyl sites for hydroxylation is 1. The van der Waals surface area contributed by atoms with Crippen molar-refractivity contribution in [3.63, 3.8) is 0 Å². The molecule has 1 unspecified atom stereocenters. The lowest BCUT2D eigenvalue weighted by molar-refractivity contribution is -0.123. The van der Waals surface area contributed by atoms with Crippen LogP contribution in [-0.2, 0) is 32.5 Å². The zero-order valence-electron chi connectivity index (χ0n) is 22.2. The molecule has 1 aliphatic rings. The van der Waals surface area contributed by atoms with E-state index in [1.807, 2.05) is 24.3 Å². The fourth-order valence-electron chi connectivity index (χ4n) is 4.50. The second-order valence-electron chi connectivity index (χ2n) is 9.34. The number of nitrogens with one attached hydrogen (secondary N) is 2. The molecule has 2 aromatic heterocycles. The molecular weight excluding hydrogens is 552 g/mol. The second-order valence-corrected chi connectivity index (χ2v) is 12.2. The van der Waals surface area contributed by atoms with E-state index in [0.717, 1.165) is 42.1 Å². The quantitative estimate of drug-likeness (QED) is 0.298. The van der Waals surface area contributed by atoms with Crippen LogP contribution in [0.2, 0.25) is 0 Å². The largest absolute Gasteiger partial charge is 0.449 e. The minimum Gasteiger partial charge on any atom is -0.449 e. The van der Waals surface area contributed by atoms with Crippen LogP contribution in [-0.4, -0.2) is 59.6 Å². The summed E-state index contributed by atoms with van der Waals surface area (Å²) in [5.74, 6) is -1.14. The first-order valence-corrected chi connectivity index (χ1v) is 15.0. The van der Waals surface area contributed by atoms with Crippen molar-refractivity contribution in [3.05, 3.63) is 70.4 Å². The Kier molecular flexibility index (Phi) is 7.79. The number of fused-ring (bicyclic) bond motifs is 2. The van der Waals surface area contributed by atoms with E-state index in [4.69, 9.17) is 9.72 Å². The Hall–Kier alpha value is -3.94. The number of hydrogen-bond donors (Lipinski definition) is 2. The zero-order valence-corrected chi connectivity index (χ0v) is 23.8. The summed E-state index contributed by atoms with van der Waals surface area (Å²) in [6.07, 6.45) is -0.377. The SMILES string of the molecule is CCN1CCc2nc3ccccc3c(C(=O)OC(C)C(=O)Nc3ccc(S(=O)(=O)Nc4nnc(C)s4)cc3)c2C1. The van der Waals surface area contributed by atoms with Crippen LogP contribution in [0, 0.1) is 6.92 Å². The summed E-state index contributed by atoms with van der Waals surface area (Å²) in [6.45, 7) is 7.57. The third-order valence-corrected chi connectivity index (χ3v) is 8.85. The van der Waals surface area contributed by atoms with Crippen molar-refractivity contribution in [2.24, 2.45) is 0 Å². The van der Waals surface area contributed by atoms with E-state index in [0.29, 0.717) is 33.7 Å². The summed E-state index contributed by atoms with van der Waals surface area (Å²) in [4.78, 5) is 33.4. The molecule has 0 fully saturated rings. The van der Waals surface area contributed by atoms with Crippen LogP contribution in [0.4, 0.5) is 10.8 Å². The third-order valence-electron chi connectivity index (χ3n) is 6.61. The van der Waals surface area contributed by atoms with Gasteiger partial charge in [-0.3, -0.25) is 19.4 Å². The smallest absolute Gasteiger partial charge is 0.339 e. The van der Waals surface area contributed by atoms with E-state index >= 15 is 0 Å². The Bertz CT molecular complexity index is 1690. The molecule has 1 atom stereocenters. The van der Waals surface area contributed by atoms with E-state index in [-0.39, 0.29) is 10.0 Å². The van der Waals surface area contributed by atoms with Crippen LogP contribution < -0.4 is 10.0 Å². The molecule has 5 rings (SSSR count). The molecule has 1 amide bonds. The van der Waals surface area contributed by atoms with Crippen molar-refractivity contribution >= 4 is 55.0 Å². The number of carbonyl (C=O) groups is 2. The van der Waals surface area contributed by atoms with E-state index in [1.54, 1.807) is 6.92 Å². The van der Waals surface area contributed by atoms with Crippen molar-refractivity contribution < 1.29 is 22.7 Å². The number of nitrogens with zero attached hydrogens (tertiary/aromatic N) is 4. The van der Waals surface area contributed by atoms with Crippen LogP contribution in [0.25, 0.3) is 10.9 Å². The Morgan fingerprint density at radius 1 is 1.12 bits per heavy atom. The van der Waals surface area contributed by atoms with Crippen molar-refractivity contribution in [2.45, 2.75) is 44.7 Å². The number of sulfonamides is 1. The van der Waals surface area contributed by atoms with Gasteiger partial charge in [-0.25, -0.2) is 13.2 Å². The molecule has 208 valence electrons. The van der Waals surface area contributed by atoms with Gasteiger partial charge in [-0.1, -0.05) is 36.5 Å². The van der Waals surface area contributed by atoms with Crippen LogP contribution >= 0.6 is 11.3 Å². The van der Waals surface area contributed by atoms with Gasteiger partial charge >= 0.3 is 5.97 Å². The summed E-state index contributed by atoms with van der Waals surface area (Å²) in [6, 6.07) is 13.1. The molecule has 0 aliphatic carbocycles. The van der Waals surface area contributed by atoms with Gasteiger partial charge in [-0.05, 0) is 50.7 Å². The maximum atomic E-state index is 13.5. The molecule has 0 spiro atoms. The minimum atomic E-state index is -3.87. The number of para-hydroxylation sites is 1. The number of ether oxygens (including phenoxy) is 1. The number of esters is 1. The molecule has 3 heterocycles. The zero-order chi connectivity index (χ0) is 28.4. The van der Waals surface area contributed by atoms with Gasteiger partial charge in [0.05, 0.1) is 16.0 Å². The van der Waals surface area contributed by atoms with Gasteiger partial charge in [0.15, 0.2) is 6.10 Å². The lowest BCUT2D eigenvalue weighted by Crippen LogP contribution is -2.34. The molecule has 0 radical (unpaired) electrons. The van der Waals surface area contributed by atoms with E-state index in [1.165, 1.54) is 31.2 Å². The fourth-order valence-corrected chi connectivity index (χ4v) is 6.32. The fraction of sp³-hybridized carbons (Fsp3) is 0.296. The molecule has 0 bridgehead atoms. The van der Waals surface area contributed by atoms with Crippen molar-refractivity contribution in [1.82, 2.24) is 20.1 Å². The maximum absolute atomic E-state index is 13.5. The molecule has 40 heavy (non-hydrogen) atoms. The van der Waals surface area contributed by atoms with Crippen LogP contribution in [0.15, 0.2) is 53.4 Å². The first kappa shape index (κ1) is 27.6. The molecular formula is C27H28N6O5S2. The number of carbonyl (C=O) groups excluding carboxylic acids is 2. The van der Waals surface area contributed by atoms with Crippen molar-refractivity contribution in [1.29, 1.82) is 0 Å². The van der Waals surface area contributed by atoms with E-state index in [2.05, 4.69) is 32.1 Å². The lowest BCUT2D eigenvalue weighted by Gasteiger charge is -2.29. The monoisotopic (exact) mass is 580 g/mol. The summed E-state index contributed by atoms with van der Waals surface area (Å²) >= 11 is 1.12. The highest BCUT2D eigenvalue weighted by atomic mass is 32.2. The molecule has 13 heteroatoms. The number of anilines is 2. The third kappa shape index (κ3) is 5.81. The van der Waals surface area contributed by atoms with Gasteiger partial charge in [0.2, 0.25) is 5.13 Å². The Morgan fingerprint density at radius 3 is 2.58 bits per heavy atom. The standard InChI is InChI=1S/C27H28N6O5S2/c1-4-33-14-13-23-21(15-33)24(20-7-5-6-8-22(20)29-23)26(35)38-16(2)25(34)28-18-9-11-19(12-10-18)40(36,37)32-27-31-30-17(3)39-27/h5-12,16H,4,13-15H2,1-3H3,(H,28,34)(H,31,32). The predicted molar refractivity (Wildman–Crippen MR) is 152 cm³/mol. The van der Waals surface area contributed by atoms with Crippen molar-refractivity contribution in [3.8, 4) is 0 Å². The maximum Gasteiger partial charge on any atom is 0.339 e. The summed E-state index contributed by atoms with van der Waals surface area (Å²) in [5, 5.41) is 11.7. The lowest BCUT2D eigenvalue weighted by atomic mass is 9.95. The number of benzene rings is 2. The van der Waals surface area contributed by atoms with Gasteiger partial charge in [0.25, 0.3) is 15.9 Å². The number of rotatable bonds is 8. The van der Waals surface area contributed by atoms with Gasteiger partial charge in [0.1, 0.15) is 5.01 Å². The average Bonchev–Trinajstić information content (AvgIpc) is 3.34. The highest BCUT2D eigenvalue weighted by Crippen LogP contribution is 2.29. The van der Waals surface area contributed by atoms with Gasteiger partial charge in [-0.2, -0.15) is 0 Å². The summed E-state index contributed by atoms with van der Waals surface area (Å²) < 4.78 is 33.3. The van der Waals surface area contributed by atoms with Crippen LogP contribution in [0.5, 0.6) is 0 Å². The van der Waals surface area contributed by atoms with Gasteiger partial charge in [0, 0.05) is 41.8 Å². The molecule has 4 aromatic rings. The van der Waals surface area contributed by atoms with Crippen LogP contribution in [0.3, 0.4) is 0 Å². The first-order valence-electron chi connectivity index (χ1n) is 12.7. The van der Waals surface area contributed by atoms with E-state index in [9.17, 15) is 18.0 Å². The van der Waals surface area contributed by atoms with Crippen LogP contribution in [0.1, 0.15) is 40.5 Å². The number of hydrogen-bond acceptors (Lipinski definition) is 10. The molecule has 0 saturated carbocycles. The highest BCUT2D eigenvalue weighted by molar-refractivity contribution is 7.93. The normalized spacial score (nSPS) is 14.4. The predicted octanol–water partition coefficient (Wildman–Crippen LogP) is 3.76. The Morgan fingerprint density at radius 2 is 1.88 bits per heavy atom. The number of likely N-dealkylation sites (N-methyl/N-ethyl adjacent to an activating group) is 1.